The summed E-state index contributed by atoms with van der Waals surface area (Å²) in [6, 6.07) is 1.63. The highest BCUT2D eigenvalue weighted by Gasteiger charge is 2.25. The largest absolute Gasteiger partial charge is 0.376 e. The molecule has 3 heterocycles. The van der Waals surface area contributed by atoms with Crippen molar-refractivity contribution in [2.24, 2.45) is 0 Å². The number of carbonyl (C=O) groups excluding carboxylic acids is 2. The summed E-state index contributed by atoms with van der Waals surface area (Å²) in [4.78, 5) is 29.0. The summed E-state index contributed by atoms with van der Waals surface area (Å²) in [5.74, 6) is 0.345. The van der Waals surface area contributed by atoms with E-state index in [4.69, 9.17) is 9.26 Å². The number of rotatable bonds is 9. The van der Waals surface area contributed by atoms with E-state index in [9.17, 15) is 9.59 Å². The minimum absolute atomic E-state index is 0.0279. The molecule has 1 atom stereocenters. The zero-order valence-corrected chi connectivity index (χ0v) is 16.1. The standard InChI is InChI=1S/C19H30N4O4/c1-15-13-17(21-27-15)19(25)23(14-16-5-4-12-26-16)10-6-18(24)20-7-11-22-8-2-3-9-22/h13,16H,2-12,14H2,1H3,(H,20,24)/t16-/m0/s1. The van der Waals surface area contributed by atoms with E-state index in [2.05, 4.69) is 15.4 Å². The number of ether oxygens (including phenoxy) is 1. The van der Waals surface area contributed by atoms with Gasteiger partial charge in [-0.05, 0) is 45.7 Å². The molecule has 2 fully saturated rings. The van der Waals surface area contributed by atoms with Gasteiger partial charge in [0.25, 0.3) is 5.91 Å². The first kappa shape index (κ1) is 19.8. The minimum Gasteiger partial charge on any atom is -0.376 e. The molecule has 150 valence electrons. The molecule has 27 heavy (non-hydrogen) atoms. The molecule has 0 aliphatic carbocycles. The van der Waals surface area contributed by atoms with Crippen LogP contribution in [-0.2, 0) is 9.53 Å². The van der Waals surface area contributed by atoms with Crippen LogP contribution in [0.4, 0.5) is 0 Å². The van der Waals surface area contributed by atoms with Crippen LogP contribution >= 0.6 is 0 Å². The van der Waals surface area contributed by atoms with Gasteiger partial charge in [-0.3, -0.25) is 9.59 Å². The predicted octanol–water partition coefficient (Wildman–Crippen LogP) is 1.21. The Morgan fingerprint density at radius 1 is 1.33 bits per heavy atom. The Morgan fingerprint density at radius 3 is 2.81 bits per heavy atom. The summed E-state index contributed by atoms with van der Waals surface area (Å²) in [5.41, 5.74) is 0.278. The van der Waals surface area contributed by atoms with Gasteiger partial charge in [-0.15, -0.1) is 0 Å². The molecule has 1 aromatic rings. The lowest BCUT2D eigenvalue weighted by atomic mass is 10.2. The first-order valence-electron chi connectivity index (χ1n) is 9.95. The maximum Gasteiger partial charge on any atom is 0.276 e. The van der Waals surface area contributed by atoms with Gasteiger partial charge in [0.15, 0.2) is 5.69 Å². The van der Waals surface area contributed by atoms with Crippen LogP contribution in [0.1, 0.15) is 48.4 Å². The lowest BCUT2D eigenvalue weighted by Gasteiger charge is -2.24. The maximum atomic E-state index is 12.8. The molecular formula is C19H30N4O4. The molecular weight excluding hydrogens is 348 g/mol. The number of aromatic nitrogens is 1. The molecule has 0 saturated carbocycles. The number of amides is 2. The summed E-state index contributed by atoms with van der Waals surface area (Å²) in [6.07, 6.45) is 4.73. The molecule has 0 spiro atoms. The second-order valence-electron chi connectivity index (χ2n) is 7.36. The van der Waals surface area contributed by atoms with E-state index < -0.39 is 0 Å². The molecule has 8 nitrogen and oxygen atoms in total. The van der Waals surface area contributed by atoms with Crippen LogP contribution in [0.2, 0.25) is 0 Å². The highest BCUT2D eigenvalue weighted by atomic mass is 16.5. The summed E-state index contributed by atoms with van der Waals surface area (Å²) in [7, 11) is 0. The van der Waals surface area contributed by atoms with E-state index in [1.165, 1.54) is 12.8 Å². The summed E-state index contributed by atoms with van der Waals surface area (Å²) >= 11 is 0. The van der Waals surface area contributed by atoms with E-state index in [0.29, 0.717) is 25.4 Å². The van der Waals surface area contributed by atoms with Gasteiger partial charge in [0, 0.05) is 45.3 Å². The number of nitrogens with zero attached hydrogens (tertiary/aromatic N) is 3. The fourth-order valence-electron chi connectivity index (χ4n) is 3.62. The second-order valence-corrected chi connectivity index (χ2v) is 7.36. The Bertz CT molecular complexity index is 621. The Labute approximate surface area is 160 Å². The zero-order valence-electron chi connectivity index (χ0n) is 16.1. The first-order valence-corrected chi connectivity index (χ1v) is 9.95. The monoisotopic (exact) mass is 378 g/mol. The molecule has 8 heteroatoms. The molecule has 2 amide bonds. The molecule has 0 unspecified atom stereocenters. The van der Waals surface area contributed by atoms with Crippen molar-refractivity contribution >= 4 is 11.8 Å². The predicted molar refractivity (Wildman–Crippen MR) is 99.4 cm³/mol. The van der Waals surface area contributed by atoms with Gasteiger partial charge < -0.3 is 24.4 Å². The normalized spacial score (nSPS) is 20.1. The van der Waals surface area contributed by atoms with Crippen LogP contribution < -0.4 is 5.32 Å². The molecule has 0 bridgehead atoms. The Balaban J connectivity index is 1.47. The van der Waals surface area contributed by atoms with Gasteiger partial charge in [-0.1, -0.05) is 5.16 Å². The van der Waals surface area contributed by atoms with Crippen LogP contribution in [0.3, 0.4) is 0 Å². The highest BCUT2D eigenvalue weighted by Crippen LogP contribution is 2.15. The van der Waals surface area contributed by atoms with Crippen LogP contribution in [0, 0.1) is 6.92 Å². The molecule has 3 rings (SSSR count). The number of hydrogen-bond donors (Lipinski definition) is 1. The molecule has 2 saturated heterocycles. The van der Waals surface area contributed by atoms with Crippen molar-refractivity contribution < 1.29 is 18.8 Å². The number of likely N-dealkylation sites (tertiary alicyclic amines) is 1. The topological polar surface area (TPSA) is 87.9 Å². The van der Waals surface area contributed by atoms with Gasteiger partial charge in [0.2, 0.25) is 5.91 Å². The maximum absolute atomic E-state index is 12.8. The van der Waals surface area contributed by atoms with Gasteiger partial charge >= 0.3 is 0 Å². The van der Waals surface area contributed by atoms with Gasteiger partial charge in [-0.25, -0.2) is 0 Å². The van der Waals surface area contributed by atoms with Crippen LogP contribution in [0.5, 0.6) is 0 Å². The third kappa shape index (κ3) is 6.04. The summed E-state index contributed by atoms with van der Waals surface area (Å²) in [5, 5.41) is 6.78. The van der Waals surface area contributed by atoms with Crippen LogP contribution in [0.25, 0.3) is 0 Å². The SMILES string of the molecule is Cc1cc(C(=O)N(CCC(=O)NCCN2CCCC2)C[C@@H]2CCCO2)no1. The van der Waals surface area contributed by atoms with Gasteiger partial charge in [0.1, 0.15) is 5.76 Å². The third-order valence-electron chi connectivity index (χ3n) is 5.14. The smallest absolute Gasteiger partial charge is 0.276 e. The van der Waals surface area contributed by atoms with Crippen molar-refractivity contribution in [2.45, 2.75) is 45.1 Å². The Morgan fingerprint density at radius 2 is 2.15 bits per heavy atom. The molecule has 0 radical (unpaired) electrons. The van der Waals surface area contributed by atoms with Crippen molar-refractivity contribution in [1.82, 2.24) is 20.3 Å². The van der Waals surface area contributed by atoms with Crippen LogP contribution in [0.15, 0.2) is 10.6 Å². The number of carbonyl (C=O) groups is 2. The van der Waals surface area contributed by atoms with E-state index in [0.717, 1.165) is 39.1 Å². The summed E-state index contributed by atoms with van der Waals surface area (Å²) < 4.78 is 10.7. The summed E-state index contributed by atoms with van der Waals surface area (Å²) in [6.45, 7) is 7.09. The number of nitrogens with one attached hydrogen (secondary N) is 1. The molecule has 1 N–H and O–H groups in total. The van der Waals surface area contributed by atoms with E-state index in [-0.39, 0.29) is 30.0 Å². The van der Waals surface area contributed by atoms with E-state index in [1.54, 1.807) is 17.9 Å². The Kier molecular flexibility index (Phi) is 7.23. The fraction of sp³-hybridized carbons (Fsp3) is 0.737. The average molecular weight is 378 g/mol. The van der Waals surface area contributed by atoms with Crippen molar-refractivity contribution in [3.8, 4) is 0 Å². The third-order valence-corrected chi connectivity index (χ3v) is 5.14. The second kappa shape index (κ2) is 9.85. The zero-order chi connectivity index (χ0) is 19.1. The van der Waals surface area contributed by atoms with E-state index >= 15 is 0 Å². The Hall–Kier alpha value is -1.93. The fourth-order valence-corrected chi connectivity index (χ4v) is 3.62. The van der Waals surface area contributed by atoms with Gasteiger partial charge in [0.05, 0.1) is 6.10 Å². The van der Waals surface area contributed by atoms with Crippen molar-refractivity contribution in [3.63, 3.8) is 0 Å². The van der Waals surface area contributed by atoms with E-state index in [1.807, 2.05) is 0 Å². The molecule has 1 aromatic heterocycles. The molecule has 0 aromatic carbocycles. The lowest BCUT2D eigenvalue weighted by molar-refractivity contribution is -0.121. The van der Waals surface area contributed by atoms with Crippen molar-refractivity contribution in [3.05, 3.63) is 17.5 Å². The highest BCUT2D eigenvalue weighted by molar-refractivity contribution is 5.92. The first-order chi connectivity index (χ1) is 13.1. The number of hydrogen-bond acceptors (Lipinski definition) is 6. The van der Waals surface area contributed by atoms with Gasteiger partial charge in [-0.2, -0.15) is 0 Å². The van der Waals surface area contributed by atoms with Crippen molar-refractivity contribution in [2.75, 3.05) is 45.9 Å². The molecule has 2 aliphatic rings. The number of aryl methyl sites for hydroxylation is 1. The lowest BCUT2D eigenvalue weighted by Crippen LogP contribution is -2.40. The average Bonchev–Trinajstić information content (AvgIpc) is 3.41. The van der Waals surface area contributed by atoms with Crippen molar-refractivity contribution in [1.29, 1.82) is 0 Å². The quantitative estimate of drug-likeness (QED) is 0.695. The minimum atomic E-state index is -0.216. The van der Waals surface area contributed by atoms with Crippen LogP contribution in [-0.4, -0.2) is 78.8 Å². The molecule has 2 aliphatic heterocycles.